The molecule has 1 rings (SSSR count). The number of carboxylic acids is 1. The van der Waals surface area contributed by atoms with Gasteiger partial charge in [-0.1, -0.05) is 12.7 Å². The van der Waals surface area contributed by atoms with Crippen LogP contribution in [0.3, 0.4) is 0 Å². The van der Waals surface area contributed by atoms with Gasteiger partial charge in [0.05, 0.1) is 6.54 Å². The van der Waals surface area contributed by atoms with E-state index in [1.807, 2.05) is 0 Å². The van der Waals surface area contributed by atoms with Gasteiger partial charge in [0.25, 0.3) is 0 Å². The molecule has 0 aliphatic heterocycles. The van der Waals surface area contributed by atoms with Gasteiger partial charge in [0, 0.05) is 12.5 Å². The number of amides is 1. The third-order valence-electron chi connectivity index (χ3n) is 4.10. The second kappa shape index (κ2) is 6.91. The van der Waals surface area contributed by atoms with Crippen LogP contribution in [0.25, 0.3) is 0 Å². The lowest BCUT2D eigenvalue weighted by Crippen LogP contribution is -2.60. The molecule has 0 unspecified atom stereocenters. The van der Waals surface area contributed by atoms with Crippen LogP contribution in [0, 0.1) is 11.8 Å². The van der Waals surface area contributed by atoms with Gasteiger partial charge in [-0.2, -0.15) is 0 Å². The van der Waals surface area contributed by atoms with Gasteiger partial charge >= 0.3 is 5.97 Å². The molecule has 0 radical (unpaired) electrons. The zero-order valence-electron chi connectivity index (χ0n) is 11.5. The van der Waals surface area contributed by atoms with E-state index in [1.165, 1.54) is 0 Å². The quantitative estimate of drug-likeness (QED) is 0.447. The average molecular weight is 269 g/mol. The Bertz CT molecular complexity index is 340. The third kappa shape index (κ3) is 3.94. The zero-order chi connectivity index (χ0) is 14.5. The summed E-state index contributed by atoms with van der Waals surface area (Å²) in [6.07, 6.45) is 4.24. The fourth-order valence-corrected chi connectivity index (χ4v) is 2.95. The van der Waals surface area contributed by atoms with Crippen LogP contribution < -0.4 is 16.8 Å². The fourth-order valence-electron chi connectivity index (χ4n) is 2.95. The summed E-state index contributed by atoms with van der Waals surface area (Å²) in [5, 5.41) is 12.1. The summed E-state index contributed by atoms with van der Waals surface area (Å²) in [4.78, 5) is 22.7. The van der Waals surface area contributed by atoms with E-state index in [4.69, 9.17) is 11.5 Å². The Morgan fingerprint density at radius 2 is 2.11 bits per heavy atom. The number of nitrogens with two attached hydrogens (primary N) is 2. The second-order valence-corrected chi connectivity index (χ2v) is 5.49. The van der Waals surface area contributed by atoms with Crippen molar-refractivity contribution in [3.8, 4) is 0 Å². The van der Waals surface area contributed by atoms with E-state index in [1.54, 1.807) is 0 Å². The van der Waals surface area contributed by atoms with Crippen molar-refractivity contribution in [3.63, 3.8) is 0 Å². The number of carboxylic acid groups (broad SMARTS) is 1. The molecule has 0 aromatic carbocycles. The molecule has 0 heterocycles. The first-order chi connectivity index (χ1) is 8.93. The molecule has 1 aliphatic carbocycles. The first-order valence-electron chi connectivity index (χ1n) is 6.93. The summed E-state index contributed by atoms with van der Waals surface area (Å²) in [6.45, 7) is 0.202. The van der Waals surface area contributed by atoms with Crippen LogP contribution in [0.2, 0.25) is 6.32 Å². The molecule has 0 aromatic heterocycles. The van der Waals surface area contributed by atoms with Gasteiger partial charge in [-0.15, -0.1) is 0 Å². The SMILES string of the molecule is BCC[C@@H]1CC[C@@H](CNC(=O)CN)[C@@](N)(C(=O)O)C1. The molecule has 0 spiro atoms. The number of carbonyl (C=O) groups is 2. The summed E-state index contributed by atoms with van der Waals surface area (Å²) in [7, 11) is 2.09. The molecule has 1 fully saturated rings. The van der Waals surface area contributed by atoms with Crippen molar-refractivity contribution in [2.75, 3.05) is 13.1 Å². The van der Waals surface area contributed by atoms with Crippen LogP contribution in [0.4, 0.5) is 0 Å². The minimum absolute atomic E-state index is 0.0875. The van der Waals surface area contributed by atoms with Gasteiger partial charge in [0.15, 0.2) is 0 Å². The van der Waals surface area contributed by atoms with Crippen LogP contribution in [0.15, 0.2) is 0 Å². The number of hydrogen-bond acceptors (Lipinski definition) is 4. The van der Waals surface area contributed by atoms with Crippen molar-refractivity contribution in [2.24, 2.45) is 23.3 Å². The highest BCUT2D eigenvalue weighted by Gasteiger charge is 2.46. The van der Waals surface area contributed by atoms with Crippen molar-refractivity contribution in [3.05, 3.63) is 0 Å². The van der Waals surface area contributed by atoms with Crippen LogP contribution in [-0.4, -0.2) is 43.5 Å². The minimum Gasteiger partial charge on any atom is -0.480 e. The number of carbonyl (C=O) groups excluding carboxylic acids is 1. The maximum atomic E-state index is 11.5. The van der Waals surface area contributed by atoms with E-state index in [0.717, 1.165) is 25.6 Å². The second-order valence-electron chi connectivity index (χ2n) is 5.49. The number of hydrogen-bond donors (Lipinski definition) is 4. The summed E-state index contributed by atoms with van der Waals surface area (Å²) in [6, 6.07) is 0. The highest BCUT2D eigenvalue weighted by Crippen LogP contribution is 2.37. The van der Waals surface area contributed by atoms with Crippen molar-refractivity contribution >= 4 is 19.7 Å². The van der Waals surface area contributed by atoms with Crippen molar-refractivity contribution in [2.45, 2.75) is 37.5 Å². The Hall–Kier alpha value is -1.08. The fraction of sp³-hybridized carbons (Fsp3) is 0.833. The van der Waals surface area contributed by atoms with Crippen LogP contribution in [0.1, 0.15) is 25.7 Å². The lowest BCUT2D eigenvalue weighted by molar-refractivity contribution is -0.148. The van der Waals surface area contributed by atoms with Gasteiger partial charge in [0.2, 0.25) is 5.91 Å². The standard InChI is InChI=1S/C12H24BN3O3/c13-4-3-8-1-2-9(7-16-10(17)6-14)12(15,5-8)11(18)19/h8-9H,1-7,13-15H2,(H,16,17)(H,18,19)/t8-,9-,12+/m0/s1. The molecule has 6 nitrogen and oxygen atoms in total. The Labute approximate surface area is 114 Å². The van der Waals surface area contributed by atoms with E-state index in [-0.39, 0.29) is 24.9 Å². The Kier molecular flexibility index (Phi) is 5.81. The largest absolute Gasteiger partial charge is 0.480 e. The topological polar surface area (TPSA) is 118 Å². The normalized spacial score (nSPS) is 30.8. The average Bonchev–Trinajstić information content (AvgIpc) is 2.37. The van der Waals surface area contributed by atoms with Gasteiger partial charge in [0.1, 0.15) is 13.4 Å². The minimum atomic E-state index is -1.24. The van der Waals surface area contributed by atoms with Crippen LogP contribution in [-0.2, 0) is 9.59 Å². The lowest BCUT2D eigenvalue weighted by atomic mass is 9.67. The molecule has 0 bridgehead atoms. The Morgan fingerprint density at radius 3 is 2.63 bits per heavy atom. The molecular formula is C12H24BN3O3. The molecule has 7 heteroatoms. The van der Waals surface area contributed by atoms with Crippen molar-refractivity contribution < 1.29 is 14.7 Å². The van der Waals surface area contributed by atoms with E-state index < -0.39 is 11.5 Å². The number of rotatable bonds is 6. The van der Waals surface area contributed by atoms with Gasteiger partial charge in [-0.05, 0) is 25.2 Å². The van der Waals surface area contributed by atoms with E-state index in [9.17, 15) is 14.7 Å². The molecule has 0 aromatic rings. The summed E-state index contributed by atoms with van der Waals surface area (Å²) < 4.78 is 0. The highest BCUT2D eigenvalue weighted by atomic mass is 16.4. The maximum absolute atomic E-state index is 11.5. The molecule has 108 valence electrons. The third-order valence-corrected chi connectivity index (χ3v) is 4.10. The van der Waals surface area contributed by atoms with Crippen LogP contribution in [0.5, 0.6) is 0 Å². The summed E-state index contributed by atoms with van der Waals surface area (Å²) >= 11 is 0. The zero-order valence-corrected chi connectivity index (χ0v) is 11.5. The molecular weight excluding hydrogens is 245 g/mol. The molecule has 3 atom stereocenters. The summed E-state index contributed by atoms with van der Waals surface area (Å²) in [5.41, 5.74) is 10.1. The molecule has 6 N–H and O–H groups in total. The van der Waals surface area contributed by atoms with Crippen molar-refractivity contribution in [1.82, 2.24) is 5.32 Å². The predicted molar refractivity (Wildman–Crippen MR) is 75.4 cm³/mol. The molecule has 1 saturated carbocycles. The predicted octanol–water partition coefficient (Wildman–Crippen LogP) is -1.30. The Morgan fingerprint density at radius 1 is 1.42 bits per heavy atom. The molecule has 19 heavy (non-hydrogen) atoms. The molecule has 0 saturated heterocycles. The first-order valence-corrected chi connectivity index (χ1v) is 6.93. The Balaban J connectivity index is 2.69. The number of nitrogens with one attached hydrogen (secondary N) is 1. The van der Waals surface area contributed by atoms with Gasteiger partial charge in [-0.25, -0.2) is 0 Å². The first kappa shape index (κ1) is 16.0. The smallest absolute Gasteiger partial charge is 0.324 e. The highest BCUT2D eigenvalue weighted by molar-refractivity contribution is 6.08. The van der Waals surface area contributed by atoms with Crippen molar-refractivity contribution in [1.29, 1.82) is 0 Å². The summed E-state index contributed by atoms with van der Waals surface area (Å²) in [5.74, 6) is -1.11. The maximum Gasteiger partial charge on any atom is 0.324 e. The molecule has 1 amide bonds. The van der Waals surface area contributed by atoms with Gasteiger partial charge in [-0.3, -0.25) is 9.59 Å². The van der Waals surface area contributed by atoms with Gasteiger partial charge < -0.3 is 21.9 Å². The van der Waals surface area contributed by atoms with Crippen LogP contribution >= 0.6 is 0 Å². The number of aliphatic carboxylic acids is 1. The lowest BCUT2D eigenvalue weighted by Gasteiger charge is -2.41. The van der Waals surface area contributed by atoms with E-state index in [2.05, 4.69) is 13.2 Å². The van der Waals surface area contributed by atoms with E-state index >= 15 is 0 Å². The van der Waals surface area contributed by atoms with E-state index in [0.29, 0.717) is 12.3 Å². The monoisotopic (exact) mass is 269 g/mol. The molecule has 1 aliphatic rings.